The number of hydrogen-bond donors (Lipinski definition) is 1. The van der Waals surface area contributed by atoms with E-state index in [0.29, 0.717) is 12.2 Å². The second-order valence-electron chi connectivity index (χ2n) is 6.60. The van der Waals surface area contributed by atoms with Gasteiger partial charge in [-0.05, 0) is 34.4 Å². The summed E-state index contributed by atoms with van der Waals surface area (Å²) in [7, 11) is 0. The molecule has 0 aliphatic carbocycles. The van der Waals surface area contributed by atoms with E-state index in [0.717, 1.165) is 16.9 Å². The van der Waals surface area contributed by atoms with Crippen molar-refractivity contribution >= 4 is 5.97 Å². The minimum Gasteiger partial charge on any atom is -0.502 e. The Morgan fingerprint density at radius 1 is 0.839 bits per heavy atom. The van der Waals surface area contributed by atoms with Crippen LogP contribution in [0.2, 0.25) is 0 Å². The molecule has 0 saturated heterocycles. The average molecular weight is 434 g/mol. The summed E-state index contributed by atoms with van der Waals surface area (Å²) in [4.78, 5) is 10.2. The van der Waals surface area contributed by atoms with Crippen molar-refractivity contribution < 1.29 is 66.0 Å². The number of hydrogen-bond acceptors (Lipinski definition) is 2. The summed E-state index contributed by atoms with van der Waals surface area (Å²) < 4.78 is 5.82. The van der Waals surface area contributed by atoms with Gasteiger partial charge in [-0.3, -0.25) is 0 Å². The summed E-state index contributed by atoms with van der Waals surface area (Å²) >= 11 is 0. The first-order chi connectivity index (χ1) is 14.6. The molecule has 4 aromatic rings. The molecule has 0 aliphatic rings. The molecule has 0 heterocycles. The van der Waals surface area contributed by atoms with E-state index in [1.807, 2.05) is 30.3 Å². The Hall–Kier alpha value is -2.34. The van der Waals surface area contributed by atoms with E-state index in [1.54, 1.807) is 12.1 Å². The molecule has 3 nitrogen and oxygen atoms in total. The zero-order valence-corrected chi connectivity index (χ0v) is 20.6. The summed E-state index contributed by atoms with van der Waals surface area (Å²) in [6.07, 6.45) is 0. The SMILES string of the molecule is O=C(O)c1cc[c-]cc1.[CH2-]c1cccc(OCc2cccc(-c3ccccc3)c2)c1.[K+]. The van der Waals surface area contributed by atoms with Crippen LogP contribution in [0, 0.1) is 13.0 Å². The van der Waals surface area contributed by atoms with Gasteiger partial charge in [-0.15, -0.1) is 12.1 Å². The van der Waals surface area contributed by atoms with Gasteiger partial charge >= 0.3 is 57.4 Å². The Kier molecular flexibility index (Phi) is 10.6. The molecule has 4 aromatic carbocycles. The van der Waals surface area contributed by atoms with Gasteiger partial charge in [-0.25, -0.2) is 4.79 Å². The molecule has 150 valence electrons. The molecule has 0 unspecified atom stereocenters. The molecule has 0 amide bonds. The fraction of sp³-hybridized carbons (Fsp3) is 0.0370. The first-order valence-corrected chi connectivity index (χ1v) is 9.50. The molecule has 0 saturated carbocycles. The van der Waals surface area contributed by atoms with Gasteiger partial charge in [0.2, 0.25) is 0 Å². The van der Waals surface area contributed by atoms with Crippen molar-refractivity contribution in [3.63, 3.8) is 0 Å². The largest absolute Gasteiger partial charge is 1.00 e. The number of aromatic carboxylic acids is 1. The number of benzene rings is 4. The fourth-order valence-electron chi connectivity index (χ4n) is 2.80. The van der Waals surface area contributed by atoms with Gasteiger partial charge in [0.1, 0.15) is 6.61 Å². The fourth-order valence-corrected chi connectivity index (χ4v) is 2.80. The Morgan fingerprint density at radius 3 is 2.16 bits per heavy atom. The molecule has 0 aliphatic heterocycles. The maximum Gasteiger partial charge on any atom is 1.00 e. The first-order valence-electron chi connectivity index (χ1n) is 9.50. The molecule has 0 radical (unpaired) electrons. The molecular formula is C27H22KO3-. The van der Waals surface area contributed by atoms with Crippen molar-refractivity contribution in [1.82, 2.24) is 0 Å². The maximum absolute atomic E-state index is 10.2. The smallest absolute Gasteiger partial charge is 0.502 e. The summed E-state index contributed by atoms with van der Waals surface area (Å²) in [6.45, 7) is 4.47. The van der Waals surface area contributed by atoms with Crippen LogP contribution in [0.1, 0.15) is 21.5 Å². The van der Waals surface area contributed by atoms with Crippen LogP contribution in [0.5, 0.6) is 5.75 Å². The minimum absolute atomic E-state index is 0. The predicted molar refractivity (Wildman–Crippen MR) is 119 cm³/mol. The van der Waals surface area contributed by atoms with Crippen molar-refractivity contribution in [2.75, 3.05) is 0 Å². The molecule has 31 heavy (non-hydrogen) atoms. The van der Waals surface area contributed by atoms with Crippen molar-refractivity contribution in [1.29, 1.82) is 0 Å². The number of carbonyl (C=O) groups is 1. The van der Waals surface area contributed by atoms with Crippen LogP contribution in [0.25, 0.3) is 11.1 Å². The first kappa shape index (κ1) is 24.9. The Bertz CT molecular complexity index is 1080. The van der Waals surface area contributed by atoms with Gasteiger partial charge in [-0.2, -0.15) is 48.9 Å². The second kappa shape index (κ2) is 13.2. The number of carboxylic acid groups (broad SMARTS) is 1. The molecule has 0 fully saturated rings. The van der Waals surface area contributed by atoms with Gasteiger partial charge in [-0.1, -0.05) is 48.5 Å². The van der Waals surface area contributed by atoms with E-state index >= 15 is 0 Å². The summed E-state index contributed by atoms with van der Waals surface area (Å²) in [5, 5.41) is 8.37. The zero-order valence-electron chi connectivity index (χ0n) is 17.5. The quantitative estimate of drug-likeness (QED) is 0.388. The molecule has 1 N–H and O–H groups in total. The van der Waals surface area contributed by atoms with Gasteiger partial charge in [0, 0.05) is 0 Å². The Balaban J connectivity index is 0.000000289. The van der Waals surface area contributed by atoms with E-state index in [4.69, 9.17) is 9.84 Å². The van der Waals surface area contributed by atoms with Crippen LogP contribution in [-0.2, 0) is 6.61 Å². The number of carboxylic acids is 1. The van der Waals surface area contributed by atoms with Crippen LogP contribution < -0.4 is 56.1 Å². The Labute approximate surface area is 226 Å². The third-order valence-corrected chi connectivity index (χ3v) is 4.30. The van der Waals surface area contributed by atoms with Crippen LogP contribution in [0.3, 0.4) is 0 Å². The molecule has 0 atom stereocenters. The van der Waals surface area contributed by atoms with Gasteiger partial charge in [0.25, 0.3) is 0 Å². The topological polar surface area (TPSA) is 46.5 Å². The summed E-state index contributed by atoms with van der Waals surface area (Å²) in [6, 6.07) is 35.5. The molecular weight excluding hydrogens is 411 g/mol. The van der Waals surface area contributed by atoms with Crippen LogP contribution in [0.15, 0.2) is 103 Å². The Morgan fingerprint density at radius 2 is 1.52 bits per heavy atom. The van der Waals surface area contributed by atoms with Crippen molar-refractivity contribution in [3.8, 4) is 16.9 Å². The second-order valence-corrected chi connectivity index (χ2v) is 6.60. The molecule has 4 rings (SSSR count). The number of ether oxygens (including phenoxy) is 1. The standard InChI is InChI=1S/C20H17O.C7H5O2.K/c1-16-7-5-12-20(13-16)21-15-17-8-6-11-19(14-17)18-9-3-2-4-10-18;8-7(9)6-4-2-1-3-5-6;/h2-14H,1,15H2;2-5H,(H,8,9);/q2*-1;+1. The van der Waals surface area contributed by atoms with Crippen molar-refractivity contribution in [2.45, 2.75) is 6.61 Å². The van der Waals surface area contributed by atoms with E-state index in [-0.39, 0.29) is 51.4 Å². The van der Waals surface area contributed by atoms with Crippen LogP contribution >= 0.6 is 0 Å². The molecule has 0 spiro atoms. The average Bonchev–Trinajstić information content (AvgIpc) is 2.80. The third kappa shape index (κ3) is 8.36. The van der Waals surface area contributed by atoms with E-state index in [9.17, 15) is 4.79 Å². The summed E-state index contributed by atoms with van der Waals surface area (Å²) in [5.41, 5.74) is 4.85. The van der Waals surface area contributed by atoms with Gasteiger partial charge in [0.05, 0.1) is 5.75 Å². The summed E-state index contributed by atoms with van der Waals surface area (Å²) in [5.74, 6) is -0.0448. The predicted octanol–water partition coefficient (Wildman–Crippen LogP) is 3.30. The third-order valence-electron chi connectivity index (χ3n) is 4.30. The van der Waals surface area contributed by atoms with E-state index < -0.39 is 5.97 Å². The molecule has 0 aromatic heterocycles. The van der Waals surface area contributed by atoms with Gasteiger partial charge in [0.15, 0.2) is 0 Å². The van der Waals surface area contributed by atoms with Crippen LogP contribution in [0.4, 0.5) is 0 Å². The minimum atomic E-state index is -0.899. The van der Waals surface area contributed by atoms with Crippen molar-refractivity contribution in [3.05, 3.63) is 133 Å². The molecule has 4 heteroatoms. The van der Waals surface area contributed by atoms with Crippen LogP contribution in [-0.4, -0.2) is 11.1 Å². The zero-order chi connectivity index (χ0) is 21.2. The number of rotatable bonds is 5. The monoisotopic (exact) mass is 433 g/mol. The maximum atomic E-state index is 10.2. The van der Waals surface area contributed by atoms with Gasteiger partial charge < -0.3 is 9.84 Å². The molecule has 0 bridgehead atoms. The van der Waals surface area contributed by atoms with E-state index in [2.05, 4.69) is 61.5 Å². The normalized spacial score (nSPS) is 9.55. The van der Waals surface area contributed by atoms with Crippen molar-refractivity contribution in [2.24, 2.45) is 0 Å². The van der Waals surface area contributed by atoms with E-state index in [1.165, 1.54) is 23.3 Å².